The lowest BCUT2D eigenvalue weighted by Gasteiger charge is -2.09. The van der Waals surface area contributed by atoms with E-state index in [1.165, 1.54) is 43.5 Å². The summed E-state index contributed by atoms with van der Waals surface area (Å²) in [5.74, 6) is -0.598. The van der Waals surface area contributed by atoms with Crippen LogP contribution in [0.2, 0.25) is 5.02 Å². The van der Waals surface area contributed by atoms with E-state index in [1.54, 1.807) is 0 Å². The molecule has 0 radical (unpaired) electrons. The molecule has 0 unspecified atom stereocenters. The van der Waals surface area contributed by atoms with Crippen LogP contribution in [0.3, 0.4) is 0 Å². The van der Waals surface area contributed by atoms with Crippen molar-refractivity contribution in [2.45, 2.75) is 0 Å². The molecule has 0 fully saturated rings. The summed E-state index contributed by atoms with van der Waals surface area (Å²) in [4.78, 5) is 12.0. The second-order valence-corrected chi connectivity index (χ2v) is 4.44. The first-order valence-electron chi connectivity index (χ1n) is 5.71. The van der Waals surface area contributed by atoms with Crippen molar-refractivity contribution in [1.29, 1.82) is 0 Å². The van der Waals surface area contributed by atoms with Crippen molar-refractivity contribution < 1.29 is 13.9 Å². The zero-order valence-corrected chi connectivity index (χ0v) is 11.4. The van der Waals surface area contributed by atoms with Crippen LogP contribution in [0, 0.1) is 5.82 Å². The molecule has 0 saturated heterocycles. The second kappa shape index (κ2) is 5.79. The lowest BCUT2D eigenvalue weighted by molar-refractivity contribution is 0.102. The normalized spacial score (nSPS) is 10.2. The number of nitrogen functional groups attached to an aromatic ring is 1. The molecular weight excluding hydrogens is 283 g/mol. The maximum atomic E-state index is 13.6. The van der Waals surface area contributed by atoms with Crippen LogP contribution in [0.4, 0.5) is 15.8 Å². The van der Waals surface area contributed by atoms with Crippen LogP contribution in [-0.4, -0.2) is 13.0 Å². The van der Waals surface area contributed by atoms with E-state index in [0.29, 0.717) is 10.8 Å². The number of nitrogens with one attached hydrogen (secondary N) is 1. The molecule has 4 nitrogen and oxygen atoms in total. The number of rotatable bonds is 3. The maximum absolute atomic E-state index is 13.6. The molecule has 0 aliphatic carbocycles. The molecule has 104 valence electrons. The first-order chi connectivity index (χ1) is 9.51. The van der Waals surface area contributed by atoms with Crippen molar-refractivity contribution in [3.05, 3.63) is 52.8 Å². The summed E-state index contributed by atoms with van der Waals surface area (Å²) in [5.41, 5.74) is 6.22. The number of amides is 1. The summed E-state index contributed by atoms with van der Waals surface area (Å²) in [7, 11) is 1.46. The molecule has 2 aromatic carbocycles. The molecule has 6 heteroatoms. The minimum atomic E-state index is -0.555. The summed E-state index contributed by atoms with van der Waals surface area (Å²) in [6.07, 6.45) is 0. The third-order valence-electron chi connectivity index (χ3n) is 2.68. The molecule has 3 N–H and O–H groups in total. The van der Waals surface area contributed by atoms with Gasteiger partial charge in [0.25, 0.3) is 5.91 Å². The van der Waals surface area contributed by atoms with Gasteiger partial charge in [-0.25, -0.2) is 4.39 Å². The number of carbonyl (C=O) groups excluding carboxylic acids is 1. The van der Waals surface area contributed by atoms with Crippen molar-refractivity contribution in [3.63, 3.8) is 0 Å². The van der Waals surface area contributed by atoms with E-state index in [0.717, 1.165) is 0 Å². The van der Waals surface area contributed by atoms with Crippen molar-refractivity contribution in [1.82, 2.24) is 0 Å². The van der Waals surface area contributed by atoms with Gasteiger partial charge >= 0.3 is 0 Å². The number of hydrogen-bond donors (Lipinski definition) is 2. The van der Waals surface area contributed by atoms with Crippen molar-refractivity contribution in [3.8, 4) is 5.75 Å². The van der Waals surface area contributed by atoms with Crippen LogP contribution in [0.15, 0.2) is 36.4 Å². The van der Waals surface area contributed by atoms with Gasteiger partial charge in [-0.2, -0.15) is 0 Å². The molecule has 0 spiro atoms. The van der Waals surface area contributed by atoms with Gasteiger partial charge < -0.3 is 15.8 Å². The molecule has 0 aliphatic heterocycles. The number of anilines is 2. The molecule has 1 amide bonds. The van der Waals surface area contributed by atoms with E-state index in [4.69, 9.17) is 22.1 Å². The Morgan fingerprint density at radius 3 is 2.70 bits per heavy atom. The van der Waals surface area contributed by atoms with Gasteiger partial charge in [-0.15, -0.1) is 0 Å². The third-order valence-corrected chi connectivity index (χ3v) is 3.02. The highest BCUT2D eigenvalue weighted by molar-refractivity contribution is 6.33. The van der Waals surface area contributed by atoms with Crippen LogP contribution >= 0.6 is 11.6 Å². The van der Waals surface area contributed by atoms with Gasteiger partial charge in [-0.1, -0.05) is 11.6 Å². The summed E-state index contributed by atoms with van der Waals surface area (Å²) >= 11 is 5.78. The SMILES string of the molecule is COc1ccc(F)c(NC(=O)c2ccc(Cl)c(N)c2)c1. The minimum Gasteiger partial charge on any atom is -0.497 e. The van der Waals surface area contributed by atoms with E-state index in [-0.39, 0.29) is 16.9 Å². The fraction of sp³-hybridized carbons (Fsp3) is 0.0714. The average molecular weight is 295 g/mol. The largest absolute Gasteiger partial charge is 0.497 e. The molecule has 0 atom stereocenters. The number of hydrogen-bond acceptors (Lipinski definition) is 3. The maximum Gasteiger partial charge on any atom is 0.255 e. The molecular formula is C14H12ClFN2O2. The van der Waals surface area contributed by atoms with Gasteiger partial charge in [0, 0.05) is 11.6 Å². The van der Waals surface area contributed by atoms with Gasteiger partial charge in [-0.3, -0.25) is 4.79 Å². The summed E-state index contributed by atoms with van der Waals surface area (Å²) in [5, 5.41) is 2.81. The molecule has 0 aliphatic rings. The van der Waals surface area contributed by atoms with Crippen molar-refractivity contribution in [2.24, 2.45) is 0 Å². The quantitative estimate of drug-likeness (QED) is 0.854. The van der Waals surface area contributed by atoms with Gasteiger partial charge in [0.15, 0.2) is 0 Å². The van der Waals surface area contributed by atoms with E-state index >= 15 is 0 Å². The van der Waals surface area contributed by atoms with Crippen LogP contribution < -0.4 is 15.8 Å². The van der Waals surface area contributed by atoms with Gasteiger partial charge in [0.1, 0.15) is 11.6 Å². The Bertz CT molecular complexity index is 662. The first kappa shape index (κ1) is 14.1. The second-order valence-electron chi connectivity index (χ2n) is 4.04. The number of methoxy groups -OCH3 is 1. The van der Waals surface area contributed by atoms with E-state index < -0.39 is 11.7 Å². The number of benzene rings is 2. The zero-order valence-electron chi connectivity index (χ0n) is 10.6. The summed E-state index contributed by atoms with van der Waals surface area (Å²) in [6, 6.07) is 8.51. The zero-order chi connectivity index (χ0) is 14.7. The third kappa shape index (κ3) is 3.00. The highest BCUT2D eigenvalue weighted by atomic mass is 35.5. The minimum absolute atomic E-state index is 0.0304. The molecule has 0 saturated carbocycles. The smallest absolute Gasteiger partial charge is 0.255 e. The fourth-order valence-electron chi connectivity index (χ4n) is 1.61. The molecule has 20 heavy (non-hydrogen) atoms. The number of carbonyl (C=O) groups is 1. The standard InChI is InChI=1S/C14H12ClFN2O2/c1-20-9-3-5-11(16)13(7-9)18-14(19)8-2-4-10(15)12(17)6-8/h2-7H,17H2,1H3,(H,18,19). The average Bonchev–Trinajstić information content (AvgIpc) is 2.44. The van der Waals surface area contributed by atoms with Gasteiger partial charge in [0.05, 0.1) is 23.5 Å². The Morgan fingerprint density at radius 2 is 2.05 bits per heavy atom. The highest BCUT2D eigenvalue weighted by Crippen LogP contribution is 2.23. The number of halogens is 2. The summed E-state index contributed by atoms with van der Waals surface area (Å²) in [6.45, 7) is 0. The predicted octanol–water partition coefficient (Wildman–Crippen LogP) is 3.32. The Kier molecular flexibility index (Phi) is 4.10. The van der Waals surface area contributed by atoms with E-state index in [2.05, 4.69) is 5.32 Å². The van der Waals surface area contributed by atoms with Gasteiger partial charge in [0.2, 0.25) is 0 Å². The highest BCUT2D eigenvalue weighted by Gasteiger charge is 2.11. The number of ether oxygens (including phenoxy) is 1. The summed E-state index contributed by atoms with van der Waals surface area (Å²) < 4.78 is 18.6. The Hall–Kier alpha value is -2.27. The molecule has 0 aromatic heterocycles. The lowest BCUT2D eigenvalue weighted by Crippen LogP contribution is -2.13. The van der Waals surface area contributed by atoms with Crippen LogP contribution in [0.25, 0.3) is 0 Å². The number of nitrogens with two attached hydrogens (primary N) is 1. The monoisotopic (exact) mass is 294 g/mol. The van der Waals surface area contributed by atoms with Crippen LogP contribution in [-0.2, 0) is 0 Å². The van der Waals surface area contributed by atoms with Crippen molar-refractivity contribution >= 4 is 28.9 Å². The molecule has 0 heterocycles. The molecule has 0 bridgehead atoms. The Labute approximate surface area is 120 Å². The lowest BCUT2D eigenvalue weighted by atomic mass is 10.2. The van der Waals surface area contributed by atoms with E-state index in [9.17, 15) is 9.18 Å². The van der Waals surface area contributed by atoms with Crippen molar-refractivity contribution in [2.75, 3.05) is 18.2 Å². The van der Waals surface area contributed by atoms with Gasteiger partial charge in [-0.05, 0) is 30.3 Å². The van der Waals surface area contributed by atoms with E-state index in [1.807, 2.05) is 0 Å². The predicted molar refractivity (Wildman–Crippen MR) is 76.8 cm³/mol. The fourth-order valence-corrected chi connectivity index (χ4v) is 1.72. The first-order valence-corrected chi connectivity index (χ1v) is 6.09. The van der Waals surface area contributed by atoms with Crippen LogP contribution in [0.1, 0.15) is 10.4 Å². The Morgan fingerprint density at radius 1 is 1.30 bits per heavy atom. The molecule has 2 aromatic rings. The molecule has 2 rings (SSSR count). The van der Waals surface area contributed by atoms with Crippen LogP contribution in [0.5, 0.6) is 5.75 Å². The topological polar surface area (TPSA) is 64.3 Å². The Balaban J connectivity index is 2.25.